The Morgan fingerprint density at radius 1 is 1.40 bits per heavy atom. The molecule has 6 heteroatoms. The van der Waals surface area contributed by atoms with Crippen LogP contribution in [0.2, 0.25) is 0 Å². The minimum absolute atomic E-state index is 0.470. The first-order valence-electron chi connectivity index (χ1n) is 7.73. The van der Waals surface area contributed by atoms with Crippen molar-refractivity contribution >= 4 is 10.0 Å². The van der Waals surface area contributed by atoms with Crippen molar-refractivity contribution in [2.24, 2.45) is 5.92 Å². The highest BCUT2D eigenvalue weighted by molar-refractivity contribution is 7.88. The van der Waals surface area contributed by atoms with Crippen LogP contribution in [0, 0.1) is 5.92 Å². The summed E-state index contributed by atoms with van der Waals surface area (Å²) in [4.78, 5) is 2.42. The fourth-order valence-electron chi connectivity index (χ4n) is 2.73. The minimum Gasteiger partial charge on any atom is -0.313 e. The van der Waals surface area contributed by atoms with E-state index in [0.29, 0.717) is 25.0 Å². The predicted molar refractivity (Wildman–Crippen MR) is 84.4 cm³/mol. The van der Waals surface area contributed by atoms with Crippen molar-refractivity contribution in [3.8, 4) is 0 Å². The molecule has 5 nitrogen and oxygen atoms in total. The van der Waals surface area contributed by atoms with Gasteiger partial charge in [0, 0.05) is 38.8 Å². The second kappa shape index (κ2) is 8.32. The normalized spacial score (nSPS) is 21.8. The summed E-state index contributed by atoms with van der Waals surface area (Å²) in [5, 5.41) is 3.43. The number of rotatable bonds is 8. The zero-order valence-corrected chi connectivity index (χ0v) is 14.2. The van der Waals surface area contributed by atoms with Gasteiger partial charge >= 0.3 is 0 Å². The maximum Gasteiger partial charge on any atom is 0.211 e. The number of nitrogens with one attached hydrogen (secondary N) is 1. The Hall–Kier alpha value is -0.170. The predicted octanol–water partition coefficient (Wildman–Crippen LogP) is 0.978. The van der Waals surface area contributed by atoms with Crippen LogP contribution in [0.4, 0.5) is 0 Å². The van der Waals surface area contributed by atoms with Crippen molar-refractivity contribution < 1.29 is 8.42 Å². The lowest BCUT2D eigenvalue weighted by Crippen LogP contribution is -2.44. The summed E-state index contributed by atoms with van der Waals surface area (Å²) in [6.45, 7) is 11.9. The number of piperidine rings is 1. The lowest BCUT2D eigenvalue weighted by atomic mass is 9.99. The molecule has 0 aromatic rings. The van der Waals surface area contributed by atoms with Gasteiger partial charge in [-0.1, -0.05) is 20.8 Å². The van der Waals surface area contributed by atoms with Gasteiger partial charge < -0.3 is 10.2 Å². The smallest absolute Gasteiger partial charge is 0.211 e. The molecule has 1 rings (SSSR count). The standard InChI is InChI=1S/C14H31N3O2S/c1-5-16(10-8-15-13(2)3)11-14-7-6-9-17(12-14)20(4,18)19/h13-15H,5-12H2,1-4H3. The molecule has 1 aliphatic rings. The van der Waals surface area contributed by atoms with Crippen molar-refractivity contribution in [2.45, 2.75) is 39.7 Å². The number of hydrogen-bond donors (Lipinski definition) is 1. The van der Waals surface area contributed by atoms with Crippen LogP contribution in [0.3, 0.4) is 0 Å². The molecule has 1 saturated heterocycles. The van der Waals surface area contributed by atoms with Gasteiger partial charge in [0.15, 0.2) is 0 Å². The maximum atomic E-state index is 11.6. The van der Waals surface area contributed by atoms with Crippen molar-refractivity contribution in [3.05, 3.63) is 0 Å². The molecule has 0 aromatic carbocycles. The molecule has 1 heterocycles. The second-order valence-corrected chi connectivity index (χ2v) is 8.11. The van der Waals surface area contributed by atoms with Gasteiger partial charge in [-0.05, 0) is 25.3 Å². The molecular weight excluding hydrogens is 274 g/mol. The van der Waals surface area contributed by atoms with Gasteiger partial charge in [0.25, 0.3) is 0 Å². The number of sulfonamides is 1. The van der Waals surface area contributed by atoms with E-state index in [-0.39, 0.29) is 0 Å². The van der Waals surface area contributed by atoms with E-state index >= 15 is 0 Å². The van der Waals surface area contributed by atoms with Crippen LogP contribution < -0.4 is 5.32 Å². The molecule has 0 spiro atoms. The topological polar surface area (TPSA) is 52.6 Å². The summed E-state index contributed by atoms with van der Waals surface area (Å²) >= 11 is 0. The summed E-state index contributed by atoms with van der Waals surface area (Å²) in [7, 11) is -3.03. The van der Waals surface area contributed by atoms with Crippen molar-refractivity contribution in [2.75, 3.05) is 45.5 Å². The summed E-state index contributed by atoms with van der Waals surface area (Å²) < 4.78 is 24.9. The van der Waals surface area contributed by atoms with E-state index in [4.69, 9.17) is 0 Å². The third-order valence-electron chi connectivity index (χ3n) is 3.89. The average Bonchev–Trinajstić information content (AvgIpc) is 2.36. The summed E-state index contributed by atoms with van der Waals surface area (Å²) in [6.07, 6.45) is 3.44. The Labute approximate surface area is 124 Å². The highest BCUT2D eigenvalue weighted by atomic mass is 32.2. The van der Waals surface area contributed by atoms with E-state index < -0.39 is 10.0 Å². The molecule has 0 radical (unpaired) electrons. The zero-order chi connectivity index (χ0) is 15.2. The summed E-state index contributed by atoms with van der Waals surface area (Å²) in [5.74, 6) is 0.470. The first-order chi connectivity index (χ1) is 9.32. The molecule has 0 bridgehead atoms. The molecule has 0 aromatic heterocycles. The maximum absolute atomic E-state index is 11.6. The average molecular weight is 305 g/mol. The molecule has 1 unspecified atom stereocenters. The molecule has 120 valence electrons. The molecule has 1 fully saturated rings. The van der Waals surface area contributed by atoms with Crippen molar-refractivity contribution in [1.82, 2.24) is 14.5 Å². The Morgan fingerprint density at radius 3 is 2.65 bits per heavy atom. The van der Waals surface area contributed by atoms with Gasteiger partial charge in [-0.25, -0.2) is 12.7 Å². The Balaban J connectivity index is 2.40. The summed E-state index contributed by atoms with van der Waals surface area (Å²) in [5.41, 5.74) is 0. The van der Waals surface area contributed by atoms with Gasteiger partial charge in [0.2, 0.25) is 10.0 Å². The SMILES string of the molecule is CCN(CCNC(C)C)CC1CCCN(S(C)(=O)=O)C1. The Kier molecular flexibility index (Phi) is 7.43. The van der Waals surface area contributed by atoms with Gasteiger partial charge in [0.05, 0.1) is 6.26 Å². The fraction of sp³-hybridized carbons (Fsp3) is 1.00. The van der Waals surface area contributed by atoms with Gasteiger partial charge in [-0.15, -0.1) is 0 Å². The number of likely N-dealkylation sites (N-methyl/N-ethyl adjacent to an activating group) is 1. The Morgan fingerprint density at radius 2 is 2.10 bits per heavy atom. The molecule has 1 atom stereocenters. The first kappa shape index (κ1) is 17.9. The molecule has 0 aliphatic carbocycles. The first-order valence-corrected chi connectivity index (χ1v) is 9.58. The highest BCUT2D eigenvalue weighted by Crippen LogP contribution is 2.19. The van der Waals surface area contributed by atoms with Crippen LogP contribution in [0.15, 0.2) is 0 Å². The van der Waals surface area contributed by atoms with Gasteiger partial charge in [-0.3, -0.25) is 0 Å². The monoisotopic (exact) mass is 305 g/mol. The third kappa shape index (κ3) is 6.52. The van der Waals surface area contributed by atoms with Crippen molar-refractivity contribution in [3.63, 3.8) is 0 Å². The van der Waals surface area contributed by atoms with Crippen LogP contribution in [0.1, 0.15) is 33.6 Å². The Bertz CT molecular complexity index is 371. The van der Waals surface area contributed by atoms with Crippen LogP contribution in [0.5, 0.6) is 0 Å². The molecule has 0 saturated carbocycles. The van der Waals surface area contributed by atoms with E-state index in [1.807, 2.05) is 0 Å². The zero-order valence-electron chi connectivity index (χ0n) is 13.4. The highest BCUT2D eigenvalue weighted by Gasteiger charge is 2.26. The van der Waals surface area contributed by atoms with Crippen LogP contribution in [-0.4, -0.2) is 69.2 Å². The van der Waals surface area contributed by atoms with E-state index in [0.717, 1.165) is 39.0 Å². The fourth-order valence-corrected chi connectivity index (χ4v) is 3.67. The lowest BCUT2D eigenvalue weighted by Gasteiger charge is -2.34. The molecule has 1 N–H and O–H groups in total. The molecule has 20 heavy (non-hydrogen) atoms. The second-order valence-electron chi connectivity index (χ2n) is 6.13. The quantitative estimate of drug-likeness (QED) is 0.726. The minimum atomic E-state index is -3.03. The van der Waals surface area contributed by atoms with Crippen LogP contribution in [-0.2, 0) is 10.0 Å². The van der Waals surface area contributed by atoms with E-state index in [1.54, 1.807) is 4.31 Å². The largest absolute Gasteiger partial charge is 0.313 e. The number of nitrogens with zero attached hydrogens (tertiary/aromatic N) is 2. The van der Waals surface area contributed by atoms with Gasteiger partial charge in [0.1, 0.15) is 0 Å². The molecule has 1 aliphatic heterocycles. The van der Waals surface area contributed by atoms with E-state index in [9.17, 15) is 8.42 Å². The number of hydrogen-bond acceptors (Lipinski definition) is 4. The van der Waals surface area contributed by atoms with E-state index in [1.165, 1.54) is 6.26 Å². The molecule has 0 amide bonds. The van der Waals surface area contributed by atoms with Crippen LogP contribution in [0.25, 0.3) is 0 Å². The van der Waals surface area contributed by atoms with Crippen molar-refractivity contribution in [1.29, 1.82) is 0 Å². The molecular formula is C14H31N3O2S. The third-order valence-corrected chi connectivity index (χ3v) is 5.16. The summed E-state index contributed by atoms with van der Waals surface area (Å²) in [6, 6.07) is 0.518. The van der Waals surface area contributed by atoms with E-state index in [2.05, 4.69) is 31.0 Å². The van der Waals surface area contributed by atoms with Crippen LogP contribution >= 0.6 is 0 Å². The van der Waals surface area contributed by atoms with Gasteiger partial charge in [-0.2, -0.15) is 0 Å². The lowest BCUT2D eigenvalue weighted by molar-refractivity contribution is 0.183.